The lowest BCUT2D eigenvalue weighted by atomic mass is 9.97. The van der Waals surface area contributed by atoms with Crippen LogP contribution in [0.15, 0.2) is 30.5 Å². The summed E-state index contributed by atoms with van der Waals surface area (Å²) in [5.41, 5.74) is 5.08. The number of benzene rings is 1. The first kappa shape index (κ1) is 11.5. The molecule has 18 heavy (non-hydrogen) atoms. The highest BCUT2D eigenvalue weighted by atomic mass is 15.1. The SMILES string of the molecule is Cc1ccc(-c2cn[nH]c2CC2CCNC2)cc1. The molecular weight excluding hydrogens is 222 g/mol. The van der Waals surface area contributed by atoms with Gasteiger partial charge in [0, 0.05) is 11.3 Å². The fourth-order valence-corrected chi connectivity index (χ4v) is 2.63. The van der Waals surface area contributed by atoms with Crippen LogP contribution < -0.4 is 5.32 Å². The third kappa shape index (κ3) is 2.31. The van der Waals surface area contributed by atoms with Crippen molar-refractivity contribution < 1.29 is 0 Å². The van der Waals surface area contributed by atoms with E-state index in [1.807, 2.05) is 6.20 Å². The molecular formula is C15H19N3. The monoisotopic (exact) mass is 241 g/mol. The Balaban J connectivity index is 1.84. The van der Waals surface area contributed by atoms with Crippen molar-refractivity contribution >= 4 is 0 Å². The summed E-state index contributed by atoms with van der Waals surface area (Å²) in [6.45, 7) is 4.40. The number of hydrogen-bond acceptors (Lipinski definition) is 2. The highest BCUT2D eigenvalue weighted by Crippen LogP contribution is 2.25. The molecule has 1 aromatic carbocycles. The fourth-order valence-electron chi connectivity index (χ4n) is 2.63. The van der Waals surface area contributed by atoms with E-state index in [9.17, 15) is 0 Å². The van der Waals surface area contributed by atoms with E-state index in [4.69, 9.17) is 0 Å². The van der Waals surface area contributed by atoms with E-state index in [0.29, 0.717) is 0 Å². The van der Waals surface area contributed by atoms with E-state index in [1.165, 1.54) is 28.8 Å². The summed E-state index contributed by atoms with van der Waals surface area (Å²) < 4.78 is 0. The molecule has 1 aliphatic heterocycles. The van der Waals surface area contributed by atoms with Crippen LogP contribution in [0.5, 0.6) is 0 Å². The highest BCUT2D eigenvalue weighted by Gasteiger charge is 2.18. The molecule has 0 saturated carbocycles. The van der Waals surface area contributed by atoms with Crippen molar-refractivity contribution in [3.63, 3.8) is 0 Å². The largest absolute Gasteiger partial charge is 0.316 e. The minimum atomic E-state index is 0.745. The van der Waals surface area contributed by atoms with Crippen molar-refractivity contribution in [3.05, 3.63) is 41.7 Å². The summed E-state index contributed by atoms with van der Waals surface area (Å²) in [5.74, 6) is 0.745. The van der Waals surface area contributed by atoms with Gasteiger partial charge in [0.1, 0.15) is 0 Å². The van der Waals surface area contributed by atoms with Crippen LogP contribution in [-0.4, -0.2) is 23.3 Å². The van der Waals surface area contributed by atoms with Crippen LogP contribution in [0, 0.1) is 12.8 Å². The van der Waals surface area contributed by atoms with Gasteiger partial charge in [-0.2, -0.15) is 5.10 Å². The van der Waals surface area contributed by atoms with Crippen molar-refractivity contribution in [1.29, 1.82) is 0 Å². The van der Waals surface area contributed by atoms with E-state index in [-0.39, 0.29) is 0 Å². The molecule has 3 rings (SSSR count). The fraction of sp³-hybridized carbons (Fsp3) is 0.400. The second-order valence-corrected chi connectivity index (χ2v) is 5.19. The lowest BCUT2D eigenvalue weighted by molar-refractivity contribution is 0.571. The summed E-state index contributed by atoms with van der Waals surface area (Å²) >= 11 is 0. The zero-order chi connectivity index (χ0) is 12.4. The van der Waals surface area contributed by atoms with Crippen LogP contribution in [0.1, 0.15) is 17.7 Å². The predicted molar refractivity (Wildman–Crippen MR) is 73.4 cm³/mol. The number of aromatic amines is 1. The normalized spacial score (nSPS) is 19.3. The van der Waals surface area contributed by atoms with Crippen LogP contribution >= 0.6 is 0 Å². The summed E-state index contributed by atoms with van der Waals surface area (Å²) in [6, 6.07) is 8.67. The Bertz CT molecular complexity index is 507. The van der Waals surface area contributed by atoms with Gasteiger partial charge in [-0.25, -0.2) is 0 Å². The van der Waals surface area contributed by atoms with Gasteiger partial charge in [0.2, 0.25) is 0 Å². The Labute approximate surface area is 108 Å². The van der Waals surface area contributed by atoms with Crippen LogP contribution in [0.3, 0.4) is 0 Å². The van der Waals surface area contributed by atoms with Crippen molar-refractivity contribution in [2.75, 3.05) is 13.1 Å². The first-order valence-electron chi connectivity index (χ1n) is 6.63. The molecule has 0 amide bonds. The van der Waals surface area contributed by atoms with Gasteiger partial charge in [-0.05, 0) is 44.3 Å². The number of rotatable bonds is 3. The molecule has 94 valence electrons. The van der Waals surface area contributed by atoms with E-state index in [0.717, 1.165) is 25.4 Å². The number of nitrogens with zero attached hydrogens (tertiary/aromatic N) is 1. The second kappa shape index (κ2) is 4.94. The number of nitrogens with one attached hydrogen (secondary N) is 2. The van der Waals surface area contributed by atoms with E-state index in [2.05, 4.69) is 46.7 Å². The van der Waals surface area contributed by atoms with Crippen molar-refractivity contribution in [2.45, 2.75) is 19.8 Å². The van der Waals surface area contributed by atoms with Crippen LogP contribution in [0.25, 0.3) is 11.1 Å². The summed E-state index contributed by atoms with van der Waals surface area (Å²) in [6.07, 6.45) is 4.31. The van der Waals surface area contributed by atoms with E-state index >= 15 is 0 Å². The van der Waals surface area contributed by atoms with Gasteiger partial charge < -0.3 is 5.32 Å². The van der Waals surface area contributed by atoms with E-state index in [1.54, 1.807) is 0 Å². The molecule has 2 aromatic rings. The molecule has 1 aromatic heterocycles. The summed E-state index contributed by atoms with van der Waals surface area (Å²) in [4.78, 5) is 0. The molecule has 1 aliphatic rings. The average molecular weight is 241 g/mol. The smallest absolute Gasteiger partial charge is 0.0568 e. The lowest BCUT2D eigenvalue weighted by Gasteiger charge is -2.08. The van der Waals surface area contributed by atoms with Gasteiger partial charge in [0.15, 0.2) is 0 Å². The molecule has 0 aliphatic carbocycles. The van der Waals surface area contributed by atoms with Crippen molar-refractivity contribution in [2.24, 2.45) is 5.92 Å². The number of aromatic nitrogens is 2. The van der Waals surface area contributed by atoms with Gasteiger partial charge in [0.05, 0.1) is 6.20 Å². The Morgan fingerprint density at radius 2 is 2.11 bits per heavy atom. The van der Waals surface area contributed by atoms with Gasteiger partial charge >= 0.3 is 0 Å². The maximum atomic E-state index is 4.22. The molecule has 1 saturated heterocycles. The molecule has 0 radical (unpaired) electrons. The standard InChI is InChI=1S/C15H19N3/c1-11-2-4-13(5-3-11)14-10-17-18-15(14)8-12-6-7-16-9-12/h2-5,10,12,16H,6-9H2,1H3,(H,17,18). The average Bonchev–Trinajstić information content (AvgIpc) is 3.02. The quantitative estimate of drug-likeness (QED) is 0.867. The minimum absolute atomic E-state index is 0.745. The topological polar surface area (TPSA) is 40.7 Å². The maximum Gasteiger partial charge on any atom is 0.0568 e. The Hall–Kier alpha value is -1.61. The third-order valence-corrected chi connectivity index (χ3v) is 3.74. The Morgan fingerprint density at radius 3 is 2.83 bits per heavy atom. The molecule has 3 nitrogen and oxygen atoms in total. The molecule has 0 spiro atoms. The van der Waals surface area contributed by atoms with Crippen LogP contribution in [0.2, 0.25) is 0 Å². The zero-order valence-corrected chi connectivity index (χ0v) is 10.7. The second-order valence-electron chi connectivity index (χ2n) is 5.19. The molecule has 1 unspecified atom stereocenters. The van der Waals surface area contributed by atoms with Crippen molar-refractivity contribution in [3.8, 4) is 11.1 Å². The number of aryl methyl sites for hydroxylation is 1. The van der Waals surface area contributed by atoms with Crippen LogP contribution in [0.4, 0.5) is 0 Å². The molecule has 2 N–H and O–H groups in total. The predicted octanol–water partition coefficient (Wildman–Crippen LogP) is 2.54. The number of H-pyrrole nitrogens is 1. The minimum Gasteiger partial charge on any atom is -0.316 e. The van der Waals surface area contributed by atoms with Gasteiger partial charge in [-0.3, -0.25) is 5.10 Å². The first-order chi connectivity index (χ1) is 8.83. The zero-order valence-electron chi connectivity index (χ0n) is 10.7. The summed E-state index contributed by atoms with van der Waals surface area (Å²) in [5, 5.41) is 10.8. The van der Waals surface area contributed by atoms with E-state index < -0.39 is 0 Å². The molecule has 0 bridgehead atoms. The highest BCUT2D eigenvalue weighted by molar-refractivity contribution is 5.65. The first-order valence-corrected chi connectivity index (χ1v) is 6.63. The molecule has 2 heterocycles. The van der Waals surface area contributed by atoms with Gasteiger partial charge in [0.25, 0.3) is 0 Å². The third-order valence-electron chi connectivity index (χ3n) is 3.74. The molecule has 1 fully saturated rings. The van der Waals surface area contributed by atoms with Crippen molar-refractivity contribution in [1.82, 2.24) is 15.5 Å². The Morgan fingerprint density at radius 1 is 1.28 bits per heavy atom. The lowest BCUT2D eigenvalue weighted by Crippen LogP contribution is -2.11. The Kier molecular flexibility index (Phi) is 3.15. The van der Waals surface area contributed by atoms with Gasteiger partial charge in [-0.1, -0.05) is 29.8 Å². The molecule has 1 atom stereocenters. The number of hydrogen-bond donors (Lipinski definition) is 2. The van der Waals surface area contributed by atoms with Gasteiger partial charge in [-0.15, -0.1) is 0 Å². The van der Waals surface area contributed by atoms with Crippen LogP contribution in [-0.2, 0) is 6.42 Å². The maximum absolute atomic E-state index is 4.22. The summed E-state index contributed by atoms with van der Waals surface area (Å²) in [7, 11) is 0. The molecule has 3 heteroatoms.